The number of amides is 1. The van der Waals surface area contributed by atoms with Crippen LogP contribution in [-0.4, -0.2) is 46.0 Å². The van der Waals surface area contributed by atoms with Gasteiger partial charge >= 0.3 is 5.97 Å². The van der Waals surface area contributed by atoms with Crippen LogP contribution in [0.25, 0.3) is 0 Å². The van der Waals surface area contributed by atoms with Gasteiger partial charge in [0.1, 0.15) is 21.6 Å². The molecule has 0 radical (unpaired) electrons. The summed E-state index contributed by atoms with van der Waals surface area (Å²) in [5, 5.41) is 2.09. The Hall–Kier alpha value is -1.74. The lowest BCUT2D eigenvalue weighted by molar-refractivity contribution is -0.150. The van der Waals surface area contributed by atoms with E-state index in [4.69, 9.17) is 17.0 Å². The number of anilines is 1. The van der Waals surface area contributed by atoms with Crippen molar-refractivity contribution >= 4 is 45.9 Å². The fraction of sp³-hybridized carbons (Fsp3) is 0.438. The standard InChI is InChI=1S/C16H18F2N2O3S2/c1-10(15(22)19-14-11(17)5-4-6-12(14)18)23-13(21)9-25-16(24)20-7-2-3-8-20/h4-6,10H,2-3,7-9H2,1H3,(H,19,22)/t10-/m1/s1. The Kier molecular flexibility index (Phi) is 7.12. The van der Waals surface area contributed by atoms with Crippen molar-refractivity contribution in [3.63, 3.8) is 0 Å². The van der Waals surface area contributed by atoms with Gasteiger partial charge in [-0.15, -0.1) is 0 Å². The number of likely N-dealkylation sites (tertiary alicyclic amines) is 1. The predicted octanol–water partition coefficient (Wildman–Crippen LogP) is 2.95. The second kappa shape index (κ2) is 9.10. The molecule has 0 aliphatic carbocycles. The predicted molar refractivity (Wildman–Crippen MR) is 96.4 cm³/mol. The zero-order valence-electron chi connectivity index (χ0n) is 13.6. The molecular formula is C16H18F2N2O3S2. The van der Waals surface area contributed by atoms with Gasteiger partial charge in [-0.1, -0.05) is 30.0 Å². The molecule has 1 amide bonds. The molecule has 136 valence electrons. The summed E-state index contributed by atoms with van der Waals surface area (Å²) in [5.41, 5.74) is -0.569. The maximum Gasteiger partial charge on any atom is 0.317 e. The fourth-order valence-corrected chi connectivity index (χ4v) is 3.27. The number of halogens is 2. The molecule has 2 rings (SSSR count). The van der Waals surface area contributed by atoms with Crippen molar-refractivity contribution in [3.8, 4) is 0 Å². The van der Waals surface area contributed by atoms with Crippen molar-refractivity contribution < 1.29 is 23.1 Å². The Morgan fingerprint density at radius 3 is 2.52 bits per heavy atom. The Morgan fingerprint density at radius 2 is 1.92 bits per heavy atom. The molecule has 25 heavy (non-hydrogen) atoms. The van der Waals surface area contributed by atoms with Gasteiger partial charge in [-0.3, -0.25) is 9.59 Å². The molecule has 1 aromatic rings. The zero-order valence-corrected chi connectivity index (χ0v) is 15.2. The number of ether oxygens (including phenoxy) is 1. The highest BCUT2D eigenvalue weighted by Crippen LogP contribution is 2.19. The number of nitrogens with one attached hydrogen (secondary N) is 1. The number of carbonyl (C=O) groups excluding carboxylic acids is 2. The average Bonchev–Trinajstić information content (AvgIpc) is 3.10. The number of para-hydroxylation sites is 1. The summed E-state index contributed by atoms with van der Waals surface area (Å²) in [5.74, 6) is -3.27. The molecular weight excluding hydrogens is 370 g/mol. The van der Waals surface area contributed by atoms with Crippen LogP contribution in [0.15, 0.2) is 18.2 Å². The van der Waals surface area contributed by atoms with E-state index in [0.717, 1.165) is 38.1 Å². The number of hydrogen-bond acceptors (Lipinski definition) is 5. The van der Waals surface area contributed by atoms with Gasteiger partial charge in [0.05, 0.1) is 5.75 Å². The molecule has 5 nitrogen and oxygen atoms in total. The van der Waals surface area contributed by atoms with Crippen LogP contribution in [0.5, 0.6) is 0 Å². The summed E-state index contributed by atoms with van der Waals surface area (Å²) in [6.07, 6.45) is 0.969. The average molecular weight is 388 g/mol. The van der Waals surface area contributed by atoms with Gasteiger partial charge < -0.3 is 15.0 Å². The second-order valence-corrected chi connectivity index (χ2v) is 7.08. The number of benzene rings is 1. The van der Waals surface area contributed by atoms with Crippen molar-refractivity contribution in [2.45, 2.75) is 25.9 Å². The maximum atomic E-state index is 13.5. The summed E-state index contributed by atoms with van der Waals surface area (Å²) in [6.45, 7) is 3.09. The minimum absolute atomic E-state index is 0.0268. The van der Waals surface area contributed by atoms with E-state index in [0.29, 0.717) is 4.32 Å². The first-order valence-electron chi connectivity index (χ1n) is 7.74. The van der Waals surface area contributed by atoms with E-state index >= 15 is 0 Å². The zero-order chi connectivity index (χ0) is 18.4. The smallest absolute Gasteiger partial charge is 0.317 e. The Bertz CT molecular complexity index is 647. The summed E-state index contributed by atoms with van der Waals surface area (Å²) in [6, 6.07) is 3.22. The van der Waals surface area contributed by atoms with Crippen LogP contribution in [0.4, 0.5) is 14.5 Å². The summed E-state index contributed by atoms with van der Waals surface area (Å²) < 4.78 is 32.6. The molecule has 1 aromatic carbocycles. The topological polar surface area (TPSA) is 58.6 Å². The lowest BCUT2D eigenvalue weighted by Crippen LogP contribution is -2.31. The third kappa shape index (κ3) is 5.64. The van der Waals surface area contributed by atoms with Gasteiger partial charge in [-0.2, -0.15) is 0 Å². The molecule has 9 heteroatoms. The molecule has 0 unspecified atom stereocenters. The van der Waals surface area contributed by atoms with Crippen molar-refractivity contribution in [2.24, 2.45) is 0 Å². The molecule has 0 aromatic heterocycles. The van der Waals surface area contributed by atoms with Crippen LogP contribution in [0.1, 0.15) is 19.8 Å². The summed E-state index contributed by atoms with van der Waals surface area (Å²) >= 11 is 6.41. The highest BCUT2D eigenvalue weighted by molar-refractivity contribution is 8.23. The molecule has 1 heterocycles. The van der Waals surface area contributed by atoms with E-state index in [-0.39, 0.29) is 5.75 Å². The van der Waals surface area contributed by atoms with Crippen molar-refractivity contribution in [3.05, 3.63) is 29.8 Å². The van der Waals surface area contributed by atoms with Crippen LogP contribution in [0.2, 0.25) is 0 Å². The Balaban J connectivity index is 1.79. The molecule has 0 saturated carbocycles. The van der Waals surface area contributed by atoms with E-state index in [9.17, 15) is 18.4 Å². The molecule has 1 atom stereocenters. The summed E-state index contributed by atoms with van der Waals surface area (Å²) in [4.78, 5) is 25.8. The van der Waals surface area contributed by atoms with Gasteiger partial charge in [0.2, 0.25) is 0 Å². The van der Waals surface area contributed by atoms with E-state index in [1.807, 2.05) is 4.90 Å². The van der Waals surface area contributed by atoms with Crippen LogP contribution < -0.4 is 5.32 Å². The van der Waals surface area contributed by atoms with Crippen molar-refractivity contribution in [1.29, 1.82) is 0 Å². The molecule has 1 saturated heterocycles. The molecule has 1 N–H and O–H groups in total. The van der Waals surface area contributed by atoms with E-state index in [1.165, 1.54) is 24.8 Å². The van der Waals surface area contributed by atoms with Gasteiger partial charge in [0.25, 0.3) is 5.91 Å². The molecule has 1 aliphatic heterocycles. The SMILES string of the molecule is C[C@@H](OC(=O)CSC(=S)N1CCCC1)C(=O)Nc1c(F)cccc1F. The number of rotatable bonds is 5. The summed E-state index contributed by atoms with van der Waals surface area (Å²) in [7, 11) is 0. The third-order valence-electron chi connectivity index (χ3n) is 3.57. The number of nitrogens with zero attached hydrogens (tertiary/aromatic N) is 1. The van der Waals surface area contributed by atoms with Gasteiger partial charge in [0.15, 0.2) is 6.10 Å². The number of thioether (sulfide) groups is 1. The lowest BCUT2D eigenvalue weighted by Gasteiger charge is -2.18. The number of esters is 1. The van der Waals surface area contributed by atoms with Crippen LogP contribution in [0, 0.1) is 11.6 Å². The van der Waals surface area contributed by atoms with Crippen LogP contribution in [0.3, 0.4) is 0 Å². The minimum atomic E-state index is -1.19. The number of thiocarbonyl (C=S) groups is 1. The minimum Gasteiger partial charge on any atom is -0.452 e. The highest BCUT2D eigenvalue weighted by atomic mass is 32.2. The number of carbonyl (C=O) groups is 2. The van der Waals surface area contributed by atoms with Crippen molar-refractivity contribution in [1.82, 2.24) is 4.90 Å². The Morgan fingerprint density at radius 1 is 1.32 bits per heavy atom. The van der Waals surface area contributed by atoms with Gasteiger partial charge in [-0.05, 0) is 31.9 Å². The molecule has 1 aliphatic rings. The molecule has 1 fully saturated rings. The quantitative estimate of drug-likeness (QED) is 0.618. The first-order chi connectivity index (χ1) is 11.9. The van der Waals surface area contributed by atoms with E-state index in [2.05, 4.69) is 5.32 Å². The monoisotopic (exact) mass is 388 g/mol. The normalized spacial score (nSPS) is 14.9. The lowest BCUT2D eigenvalue weighted by atomic mass is 10.2. The largest absolute Gasteiger partial charge is 0.452 e. The van der Waals surface area contributed by atoms with Gasteiger partial charge in [0, 0.05) is 13.1 Å². The second-order valence-electron chi connectivity index (χ2n) is 5.47. The fourth-order valence-electron chi connectivity index (χ4n) is 2.24. The van der Waals surface area contributed by atoms with Crippen LogP contribution >= 0.6 is 24.0 Å². The van der Waals surface area contributed by atoms with E-state index < -0.39 is 35.3 Å². The first kappa shape index (κ1) is 19.6. The first-order valence-corrected chi connectivity index (χ1v) is 9.14. The third-order valence-corrected chi connectivity index (χ3v) is 5.06. The Labute approximate surface area is 154 Å². The van der Waals surface area contributed by atoms with Crippen molar-refractivity contribution in [2.75, 3.05) is 24.2 Å². The number of hydrogen-bond donors (Lipinski definition) is 1. The van der Waals surface area contributed by atoms with Gasteiger partial charge in [-0.25, -0.2) is 8.78 Å². The molecule has 0 spiro atoms. The van der Waals surface area contributed by atoms with Crippen LogP contribution in [-0.2, 0) is 14.3 Å². The maximum absolute atomic E-state index is 13.5. The highest BCUT2D eigenvalue weighted by Gasteiger charge is 2.22. The van der Waals surface area contributed by atoms with E-state index in [1.54, 1.807) is 0 Å². The molecule has 0 bridgehead atoms.